The summed E-state index contributed by atoms with van der Waals surface area (Å²) in [5, 5.41) is 0. The highest BCUT2D eigenvalue weighted by Crippen LogP contribution is 2.16. The molecule has 1 aromatic heterocycles. The summed E-state index contributed by atoms with van der Waals surface area (Å²) in [6.07, 6.45) is 0. The van der Waals surface area contributed by atoms with Gasteiger partial charge in [-0.3, -0.25) is 4.79 Å². The number of hydrogen-bond donors (Lipinski definition) is 1. The monoisotopic (exact) mass is 246 g/mol. The lowest BCUT2D eigenvalue weighted by Gasteiger charge is -2.09. The van der Waals surface area contributed by atoms with Crippen molar-refractivity contribution in [3.8, 4) is 0 Å². The number of primary amides is 1. The minimum absolute atomic E-state index is 0.252. The van der Waals surface area contributed by atoms with Crippen LogP contribution < -0.4 is 5.73 Å². The zero-order chi connectivity index (χ0) is 13.3. The molecule has 0 radical (unpaired) electrons. The molecular weight excluding hydrogens is 231 g/mol. The van der Waals surface area contributed by atoms with Crippen LogP contribution in [0.25, 0.3) is 0 Å². The first-order valence-corrected chi connectivity index (χ1v) is 5.70. The number of nitrogens with zero attached hydrogens (tertiary/aromatic N) is 1. The van der Waals surface area contributed by atoms with Gasteiger partial charge in [0.05, 0.1) is 5.56 Å². The fourth-order valence-corrected chi connectivity index (χ4v) is 2.07. The van der Waals surface area contributed by atoms with E-state index in [1.807, 2.05) is 18.4 Å². The Morgan fingerprint density at radius 2 is 1.89 bits per heavy atom. The molecule has 94 valence electrons. The number of halogens is 1. The molecule has 2 aromatic rings. The van der Waals surface area contributed by atoms with Gasteiger partial charge in [0.25, 0.3) is 5.91 Å². The van der Waals surface area contributed by atoms with Crippen molar-refractivity contribution in [3.05, 3.63) is 58.7 Å². The normalized spacial score (nSPS) is 10.6. The molecule has 0 bridgehead atoms. The third kappa shape index (κ3) is 2.27. The molecule has 0 aliphatic rings. The van der Waals surface area contributed by atoms with Crippen LogP contribution in [0.15, 0.2) is 30.3 Å². The molecule has 0 unspecified atom stereocenters. The lowest BCUT2D eigenvalue weighted by molar-refractivity contribution is 0.0999. The second kappa shape index (κ2) is 4.64. The Morgan fingerprint density at radius 3 is 2.39 bits per heavy atom. The number of aromatic nitrogens is 1. The summed E-state index contributed by atoms with van der Waals surface area (Å²) in [6, 6.07) is 8.11. The Hall–Kier alpha value is -2.10. The maximum Gasteiger partial charge on any atom is 0.250 e. The quantitative estimate of drug-likeness (QED) is 0.888. The molecule has 2 N–H and O–H groups in total. The Bertz CT molecular complexity index is 585. The number of rotatable bonds is 3. The number of carbonyl (C=O) groups is 1. The van der Waals surface area contributed by atoms with Crippen molar-refractivity contribution in [1.82, 2.24) is 4.57 Å². The lowest BCUT2D eigenvalue weighted by atomic mass is 10.2. The Morgan fingerprint density at radius 1 is 1.28 bits per heavy atom. The van der Waals surface area contributed by atoms with Gasteiger partial charge in [0, 0.05) is 17.9 Å². The molecule has 18 heavy (non-hydrogen) atoms. The van der Waals surface area contributed by atoms with Crippen LogP contribution in [0.3, 0.4) is 0 Å². The van der Waals surface area contributed by atoms with Gasteiger partial charge in [-0.15, -0.1) is 0 Å². The van der Waals surface area contributed by atoms with E-state index < -0.39 is 5.91 Å². The van der Waals surface area contributed by atoms with Crippen LogP contribution in [0.1, 0.15) is 27.3 Å². The van der Waals surface area contributed by atoms with Gasteiger partial charge in [-0.25, -0.2) is 4.39 Å². The first-order chi connectivity index (χ1) is 8.49. The molecular formula is C14H15FN2O. The molecule has 0 saturated carbocycles. The first kappa shape index (κ1) is 12.4. The summed E-state index contributed by atoms with van der Waals surface area (Å²) in [6.45, 7) is 4.38. The van der Waals surface area contributed by atoms with E-state index in [1.165, 1.54) is 12.1 Å². The van der Waals surface area contributed by atoms with E-state index in [0.717, 1.165) is 17.0 Å². The van der Waals surface area contributed by atoms with Crippen molar-refractivity contribution in [3.63, 3.8) is 0 Å². The van der Waals surface area contributed by atoms with Crippen molar-refractivity contribution < 1.29 is 9.18 Å². The summed E-state index contributed by atoms with van der Waals surface area (Å²) >= 11 is 0. The SMILES string of the molecule is Cc1cc(C(N)=O)c(C)n1Cc1ccc(F)cc1. The maximum atomic E-state index is 12.8. The molecule has 0 aliphatic carbocycles. The fourth-order valence-electron chi connectivity index (χ4n) is 2.07. The molecule has 1 heterocycles. The zero-order valence-corrected chi connectivity index (χ0v) is 10.4. The largest absolute Gasteiger partial charge is 0.366 e. The van der Waals surface area contributed by atoms with Gasteiger partial charge in [-0.2, -0.15) is 0 Å². The summed E-state index contributed by atoms with van der Waals surface area (Å²) in [4.78, 5) is 11.2. The molecule has 1 amide bonds. The van der Waals surface area contributed by atoms with Gasteiger partial charge in [-0.05, 0) is 37.6 Å². The summed E-state index contributed by atoms with van der Waals surface area (Å²) in [7, 11) is 0. The van der Waals surface area contributed by atoms with Crippen LogP contribution in [0.4, 0.5) is 4.39 Å². The van der Waals surface area contributed by atoms with Crippen LogP contribution in [-0.2, 0) is 6.54 Å². The van der Waals surface area contributed by atoms with Crippen molar-refractivity contribution in [2.24, 2.45) is 5.73 Å². The summed E-state index contributed by atoms with van der Waals surface area (Å²) in [5.41, 5.74) is 8.63. The van der Waals surface area contributed by atoms with Crippen molar-refractivity contribution in [2.75, 3.05) is 0 Å². The van der Waals surface area contributed by atoms with E-state index in [1.54, 1.807) is 18.2 Å². The Balaban J connectivity index is 2.34. The predicted octanol–water partition coefficient (Wildman–Crippen LogP) is 2.39. The van der Waals surface area contributed by atoms with Crippen LogP contribution in [0, 0.1) is 19.7 Å². The molecule has 0 spiro atoms. The molecule has 0 aliphatic heterocycles. The summed E-state index contributed by atoms with van der Waals surface area (Å²) < 4.78 is 14.8. The smallest absolute Gasteiger partial charge is 0.250 e. The second-order valence-corrected chi connectivity index (χ2v) is 4.36. The average Bonchev–Trinajstić information content (AvgIpc) is 2.60. The van der Waals surface area contributed by atoms with E-state index in [4.69, 9.17) is 5.73 Å². The second-order valence-electron chi connectivity index (χ2n) is 4.36. The Kier molecular flexibility index (Phi) is 3.19. The van der Waals surface area contributed by atoms with Gasteiger partial charge in [0.1, 0.15) is 5.82 Å². The van der Waals surface area contributed by atoms with Crippen molar-refractivity contribution in [1.29, 1.82) is 0 Å². The van der Waals surface area contributed by atoms with Gasteiger partial charge < -0.3 is 10.3 Å². The number of amides is 1. The highest BCUT2D eigenvalue weighted by atomic mass is 19.1. The maximum absolute atomic E-state index is 12.8. The van der Waals surface area contributed by atoms with Gasteiger partial charge in [0.2, 0.25) is 0 Å². The van der Waals surface area contributed by atoms with E-state index in [0.29, 0.717) is 12.1 Å². The number of benzene rings is 1. The van der Waals surface area contributed by atoms with Gasteiger partial charge in [-0.1, -0.05) is 12.1 Å². The van der Waals surface area contributed by atoms with E-state index in [9.17, 15) is 9.18 Å². The van der Waals surface area contributed by atoms with Gasteiger partial charge >= 0.3 is 0 Å². The Labute approximate surface area is 105 Å². The van der Waals surface area contributed by atoms with Crippen molar-refractivity contribution >= 4 is 5.91 Å². The van der Waals surface area contributed by atoms with Crippen LogP contribution in [0.5, 0.6) is 0 Å². The number of carbonyl (C=O) groups excluding carboxylic acids is 1. The minimum atomic E-state index is -0.423. The van der Waals surface area contributed by atoms with Crippen LogP contribution in [0.2, 0.25) is 0 Å². The van der Waals surface area contributed by atoms with Crippen LogP contribution in [-0.4, -0.2) is 10.5 Å². The van der Waals surface area contributed by atoms with Crippen molar-refractivity contribution in [2.45, 2.75) is 20.4 Å². The van der Waals surface area contributed by atoms with E-state index in [2.05, 4.69) is 0 Å². The minimum Gasteiger partial charge on any atom is -0.366 e. The van der Waals surface area contributed by atoms with E-state index >= 15 is 0 Å². The molecule has 0 saturated heterocycles. The number of hydrogen-bond acceptors (Lipinski definition) is 1. The molecule has 0 fully saturated rings. The third-order valence-electron chi connectivity index (χ3n) is 3.09. The molecule has 3 nitrogen and oxygen atoms in total. The molecule has 1 aromatic carbocycles. The first-order valence-electron chi connectivity index (χ1n) is 5.70. The average molecular weight is 246 g/mol. The number of nitrogens with two attached hydrogens (primary N) is 1. The molecule has 4 heteroatoms. The highest BCUT2D eigenvalue weighted by Gasteiger charge is 2.13. The standard InChI is InChI=1S/C14H15FN2O/c1-9-7-13(14(16)18)10(2)17(9)8-11-3-5-12(15)6-4-11/h3-7H,8H2,1-2H3,(H2,16,18). The van der Waals surface area contributed by atoms with Gasteiger partial charge in [0.15, 0.2) is 0 Å². The molecule has 0 atom stereocenters. The zero-order valence-electron chi connectivity index (χ0n) is 10.4. The topological polar surface area (TPSA) is 48.0 Å². The fraction of sp³-hybridized carbons (Fsp3) is 0.214. The summed E-state index contributed by atoms with van der Waals surface area (Å²) in [5.74, 6) is -0.675. The lowest BCUT2D eigenvalue weighted by Crippen LogP contribution is -2.12. The predicted molar refractivity (Wildman–Crippen MR) is 67.9 cm³/mol. The third-order valence-corrected chi connectivity index (χ3v) is 3.09. The number of aryl methyl sites for hydroxylation is 1. The van der Waals surface area contributed by atoms with Crippen LogP contribution >= 0.6 is 0 Å². The highest BCUT2D eigenvalue weighted by molar-refractivity contribution is 5.94. The van der Waals surface area contributed by atoms with E-state index in [-0.39, 0.29) is 5.82 Å². The molecule has 2 rings (SSSR count).